The monoisotopic (exact) mass is 318 g/mol. The Bertz CT molecular complexity index is 549. The Morgan fingerprint density at radius 2 is 2.00 bits per heavy atom. The molecular weight excluding hydrogens is 292 g/mol. The van der Waals surface area contributed by atoms with E-state index in [1.165, 1.54) is 6.92 Å². The summed E-state index contributed by atoms with van der Waals surface area (Å²) in [4.78, 5) is 30.9. The van der Waals surface area contributed by atoms with E-state index in [1.54, 1.807) is 6.20 Å². The number of amides is 2. The summed E-state index contributed by atoms with van der Waals surface area (Å²) < 4.78 is 2.09. The molecule has 0 radical (unpaired) electrons. The van der Waals surface area contributed by atoms with Crippen LogP contribution in [0.5, 0.6) is 0 Å². The topological polar surface area (TPSA) is 67.2 Å². The van der Waals surface area contributed by atoms with E-state index >= 15 is 0 Å². The van der Waals surface area contributed by atoms with Gasteiger partial charge in [-0.2, -0.15) is 0 Å². The van der Waals surface area contributed by atoms with Crippen LogP contribution in [0.4, 0.5) is 0 Å². The Hall–Kier alpha value is -1.85. The first-order chi connectivity index (χ1) is 11.1. The highest BCUT2D eigenvalue weighted by molar-refractivity contribution is 5.91. The fourth-order valence-electron chi connectivity index (χ4n) is 4.06. The fourth-order valence-corrected chi connectivity index (χ4v) is 4.06. The molecule has 2 heterocycles. The van der Waals surface area contributed by atoms with Gasteiger partial charge < -0.3 is 14.8 Å². The molecule has 2 fully saturated rings. The van der Waals surface area contributed by atoms with E-state index in [-0.39, 0.29) is 17.9 Å². The maximum Gasteiger partial charge on any atom is 0.248 e. The lowest BCUT2D eigenvalue weighted by molar-refractivity contribution is -0.144. The average molecular weight is 318 g/mol. The van der Waals surface area contributed by atoms with E-state index < -0.39 is 5.54 Å². The molecular formula is C17H26N4O2. The third kappa shape index (κ3) is 3.41. The highest BCUT2D eigenvalue weighted by Crippen LogP contribution is 2.32. The third-order valence-corrected chi connectivity index (χ3v) is 5.16. The van der Waals surface area contributed by atoms with Crippen LogP contribution in [-0.4, -0.2) is 44.9 Å². The molecule has 0 spiro atoms. The number of aromatic nitrogens is 2. The fraction of sp³-hybridized carbons (Fsp3) is 0.706. The maximum absolute atomic E-state index is 13.2. The van der Waals surface area contributed by atoms with E-state index in [4.69, 9.17) is 0 Å². The summed E-state index contributed by atoms with van der Waals surface area (Å²) in [6, 6.07) is 0.285. The van der Waals surface area contributed by atoms with Gasteiger partial charge in [-0.3, -0.25) is 9.59 Å². The van der Waals surface area contributed by atoms with Gasteiger partial charge >= 0.3 is 0 Å². The molecule has 0 aromatic carbocycles. The lowest BCUT2D eigenvalue weighted by Gasteiger charge is -2.43. The SMILES string of the molecule is CC(=O)NC1(C(=O)N2CCC[C@H](n3ccnc3)C2)CCCCC1. The van der Waals surface area contributed by atoms with Gasteiger partial charge in [0.25, 0.3) is 0 Å². The number of nitrogens with one attached hydrogen (secondary N) is 1. The largest absolute Gasteiger partial charge is 0.342 e. The molecule has 6 heteroatoms. The van der Waals surface area contributed by atoms with Crippen LogP contribution >= 0.6 is 0 Å². The van der Waals surface area contributed by atoms with Crippen molar-refractivity contribution < 1.29 is 9.59 Å². The van der Waals surface area contributed by atoms with Crippen molar-refractivity contribution in [2.75, 3.05) is 13.1 Å². The quantitative estimate of drug-likeness (QED) is 0.925. The van der Waals surface area contributed by atoms with E-state index in [1.807, 2.05) is 17.4 Å². The lowest BCUT2D eigenvalue weighted by atomic mass is 9.80. The Kier molecular flexibility index (Phi) is 4.68. The van der Waals surface area contributed by atoms with Crippen molar-refractivity contribution in [3.05, 3.63) is 18.7 Å². The second-order valence-electron chi connectivity index (χ2n) is 6.88. The van der Waals surface area contributed by atoms with Gasteiger partial charge in [0.1, 0.15) is 5.54 Å². The number of hydrogen-bond acceptors (Lipinski definition) is 3. The summed E-state index contributed by atoms with van der Waals surface area (Å²) in [5.41, 5.74) is -0.680. The standard InChI is InChI=1S/C17H26N4O2/c1-14(22)19-17(7-3-2-4-8-17)16(23)20-10-5-6-15(12-20)21-11-9-18-13-21/h9,11,13,15H,2-8,10,12H2,1H3,(H,19,22)/t15-/m0/s1. The van der Waals surface area contributed by atoms with Crippen molar-refractivity contribution >= 4 is 11.8 Å². The average Bonchev–Trinajstić information content (AvgIpc) is 3.09. The summed E-state index contributed by atoms with van der Waals surface area (Å²) in [6.07, 6.45) is 12.3. The number of imidazole rings is 1. The second kappa shape index (κ2) is 6.72. The van der Waals surface area contributed by atoms with Crippen LogP contribution < -0.4 is 5.32 Å². The molecule has 2 amide bonds. The van der Waals surface area contributed by atoms with Gasteiger partial charge in [0.05, 0.1) is 12.4 Å². The molecule has 0 unspecified atom stereocenters. The molecule has 6 nitrogen and oxygen atoms in total. The summed E-state index contributed by atoms with van der Waals surface area (Å²) in [5, 5.41) is 2.99. The Morgan fingerprint density at radius 1 is 1.22 bits per heavy atom. The summed E-state index contributed by atoms with van der Waals surface area (Å²) in [7, 11) is 0. The highest BCUT2D eigenvalue weighted by atomic mass is 16.2. The smallest absolute Gasteiger partial charge is 0.248 e. The first-order valence-electron chi connectivity index (χ1n) is 8.66. The first kappa shape index (κ1) is 16.0. The first-order valence-corrected chi connectivity index (χ1v) is 8.66. The molecule has 23 heavy (non-hydrogen) atoms. The molecule has 1 atom stereocenters. The molecule has 0 bridgehead atoms. The zero-order valence-electron chi connectivity index (χ0n) is 13.8. The number of nitrogens with zero attached hydrogens (tertiary/aromatic N) is 3. The Balaban J connectivity index is 1.75. The number of likely N-dealkylation sites (tertiary alicyclic amines) is 1. The van der Waals surface area contributed by atoms with Crippen molar-refractivity contribution in [2.24, 2.45) is 0 Å². The number of hydrogen-bond donors (Lipinski definition) is 1. The van der Waals surface area contributed by atoms with Crippen LogP contribution in [-0.2, 0) is 9.59 Å². The molecule has 3 rings (SSSR count). The van der Waals surface area contributed by atoms with Gasteiger partial charge in [0.15, 0.2) is 0 Å². The van der Waals surface area contributed by atoms with Crippen molar-refractivity contribution in [2.45, 2.75) is 63.5 Å². The van der Waals surface area contributed by atoms with Gasteiger partial charge in [0.2, 0.25) is 11.8 Å². The van der Waals surface area contributed by atoms with Crippen LogP contribution in [0.2, 0.25) is 0 Å². The van der Waals surface area contributed by atoms with Crippen molar-refractivity contribution in [3.8, 4) is 0 Å². The number of piperidine rings is 1. The lowest BCUT2D eigenvalue weighted by Crippen LogP contribution is -2.61. The van der Waals surface area contributed by atoms with Crippen LogP contribution in [0, 0.1) is 0 Å². The number of carbonyl (C=O) groups is 2. The van der Waals surface area contributed by atoms with E-state index in [9.17, 15) is 9.59 Å². The van der Waals surface area contributed by atoms with Crippen molar-refractivity contribution in [3.63, 3.8) is 0 Å². The Morgan fingerprint density at radius 3 is 2.65 bits per heavy atom. The Labute approximate surface area is 137 Å². The van der Waals surface area contributed by atoms with Gasteiger partial charge in [-0.15, -0.1) is 0 Å². The van der Waals surface area contributed by atoms with Gasteiger partial charge in [0, 0.05) is 32.4 Å². The summed E-state index contributed by atoms with van der Waals surface area (Å²) in [5.74, 6) is 0.000587. The summed E-state index contributed by atoms with van der Waals surface area (Å²) in [6.45, 7) is 3.00. The molecule has 1 aliphatic heterocycles. The molecule has 126 valence electrons. The normalized spacial score (nSPS) is 24.2. The molecule has 1 aliphatic carbocycles. The van der Waals surface area contributed by atoms with Gasteiger partial charge in [-0.25, -0.2) is 4.98 Å². The van der Waals surface area contributed by atoms with E-state index in [0.717, 1.165) is 51.5 Å². The highest BCUT2D eigenvalue weighted by Gasteiger charge is 2.43. The van der Waals surface area contributed by atoms with Crippen molar-refractivity contribution in [1.82, 2.24) is 19.8 Å². The van der Waals surface area contributed by atoms with Gasteiger partial charge in [-0.05, 0) is 25.7 Å². The molecule has 1 saturated carbocycles. The number of rotatable bonds is 3. The maximum atomic E-state index is 13.2. The van der Waals surface area contributed by atoms with Crippen LogP contribution in [0.15, 0.2) is 18.7 Å². The third-order valence-electron chi connectivity index (χ3n) is 5.16. The van der Waals surface area contributed by atoms with E-state index in [2.05, 4.69) is 14.9 Å². The van der Waals surface area contributed by atoms with Crippen LogP contribution in [0.25, 0.3) is 0 Å². The molecule has 1 saturated heterocycles. The molecule has 1 aromatic rings. The predicted molar refractivity (Wildman–Crippen MR) is 86.7 cm³/mol. The zero-order chi connectivity index (χ0) is 16.3. The molecule has 1 N–H and O–H groups in total. The minimum atomic E-state index is -0.680. The van der Waals surface area contributed by atoms with Gasteiger partial charge in [-0.1, -0.05) is 19.3 Å². The zero-order valence-corrected chi connectivity index (χ0v) is 13.8. The van der Waals surface area contributed by atoms with Crippen molar-refractivity contribution in [1.29, 1.82) is 0 Å². The number of carbonyl (C=O) groups excluding carboxylic acids is 2. The molecule has 2 aliphatic rings. The second-order valence-corrected chi connectivity index (χ2v) is 6.88. The van der Waals surface area contributed by atoms with Crippen LogP contribution in [0.3, 0.4) is 0 Å². The minimum absolute atomic E-state index is 0.108. The van der Waals surface area contributed by atoms with E-state index in [0.29, 0.717) is 6.54 Å². The predicted octanol–water partition coefficient (Wildman–Crippen LogP) is 1.89. The minimum Gasteiger partial charge on any atom is -0.342 e. The van der Waals surface area contributed by atoms with Crippen LogP contribution in [0.1, 0.15) is 57.9 Å². The molecule has 1 aromatic heterocycles. The summed E-state index contributed by atoms with van der Waals surface area (Å²) >= 11 is 0.